The van der Waals surface area contributed by atoms with Gasteiger partial charge in [0.1, 0.15) is 0 Å². The Kier molecular flexibility index (Phi) is 3.60. The lowest BCUT2D eigenvalue weighted by molar-refractivity contribution is 1.46. The van der Waals surface area contributed by atoms with Crippen molar-refractivity contribution in [3.8, 4) is 6.07 Å². The minimum absolute atomic E-state index is 1.02. The van der Waals surface area contributed by atoms with Crippen LogP contribution in [0.2, 0.25) is 0 Å². The molecule has 0 saturated carbocycles. The number of thioether (sulfide) groups is 1. The van der Waals surface area contributed by atoms with Crippen molar-refractivity contribution < 1.29 is 0 Å². The highest BCUT2D eigenvalue weighted by molar-refractivity contribution is 8.07. The van der Waals surface area contributed by atoms with Gasteiger partial charge in [-0.3, -0.25) is 0 Å². The van der Waals surface area contributed by atoms with E-state index in [0.29, 0.717) is 0 Å². The maximum atomic E-state index is 8.54. The summed E-state index contributed by atoms with van der Waals surface area (Å²) in [6, 6.07) is 10.2. The Morgan fingerprint density at radius 1 is 1.38 bits per heavy atom. The quantitative estimate of drug-likeness (QED) is 0.667. The molecule has 0 unspecified atom stereocenters. The van der Waals surface area contributed by atoms with Crippen LogP contribution in [-0.4, -0.2) is 6.26 Å². The zero-order valence-corrected chi connectivity index (χ0v) is 8.56. The van der Waals surface area contributed by atoms with Crippen LogP contribution in [0.4, 0.5) is 0 Å². The van der Waals surface area contributed by atoms with Gasteiger partial charge in [0.05, 0.1) is 6.07 Å². The second-order valence-electron chi connectivity index (χ2n) is 2.71. The molecule has 0 aliphatic carbocycles. The van der Waals surface area contributed by atoms with Crippen molar-refractivity contribution in [1.82, 2.24) is 0 Å². The average molecular weight is 189 g/mol. The number of aryl methyl sites for hydroxylation is 1. The molecule has 0 atom stereocenters. The number of hydrogen-bond donors (Lipinski definition) is 0. The highest BCUT2D eigenvalue weighted by Crippen LogP contribution is 2.24. The van der Waals surface area contributed by atoms with Crippen molar-refractivity contribution in [2.75, 3.05) is 6.26 Å². The van der Waals surface area contributed by atoms with E-state index in [4.69, 9.17) is 5.26 Å². The third kappa shape index (κ3) is 2.64. The Hall–Kier alpha value is -1.20. The molecule has 1 aromatic rings. The topological polar surface area (TPSA) is 23.8 Å². The second kappa shape index (κ2) is 4.74. The molecule has 0 fully saturated rings. The van der Waals surface area contributed by atoms with Crippen molar-refractivity contribution in [3.63, 3.8) is 0 Å². The fourth-order valence-electron chi connectivity index (χ4n) is 1.04. The molecule has 0 aliphatic heterocycles. The third-order valence-corrected chi connectivity index (χ3v) is 2.55. The van der Waals surface area contributed by atoms with E-state index in [0.717, 1.165) is 10.5 Å². The van der Waals surface area contributed by atoms with Gasteiger partial charge >= 0.3 is 0 Å². The summed E-state index contributed by atoms with van der Waals surface area (Å²) in [5, 5.41) is 8.54. The third-order valence-electron chi connectivity index (χ3n) is 1.75. The average Bonchev–Trinajstić information content (AvgIpc) is 2.16. The fraction of sp³-hybridized carbons (Fsp3) is 0.182. The molecule has 0 radical (unpaired) electrons. The minimum atomic E-state index is 1.02. The Bertz CT molecular complexity index is 343. The van der Waals surface area contributed by atoms with E-state index in [1.807, 2.05) is 24.5 Å². The number of nitriles is 1. The molecule has 13 heavy (non-hydrogen) atoms. The van der Waals surface area contributed by atoms with Crippen LogP contribution < -0.4 is 0 Å². The lowest BCUT2D eigenvalue weighted by Gasteiger charge is -2.02. The maximum absolute atomic E-state index is 8.54. The lowest BCUT2D eigenvalue weighted by atomic mass is 10.1. The van der Waals surface area contributed by atoms with Crippen LogP contribution in [0.3, 0.4) is 0 Å². The van der Waals surface area contributed by atoms with Gasteiger partial charge in [0.25, 0.3) is 0 Å². The molecule has 0 bridgehead atoms. The zero-order valence-electron chi connectivity index (χ0n) is 7.74. The molecular formula is C11H11NS. The second-order valence-corrected chi connectivity index (χ2v) is 3.56. The summed E-state index contributed by atoms with van der Waals surface area (Å²) in [5.41, 5.74) is 2.35. The van der Waals surface area contributed by atoms with E-state index < -0.39 is 0 Å². The van der Waals surface area contributed by atoms with Gasteiger partial charge in [-0.25, -0.2) is 0 Å². The van der Waals surface area contributed by atoms with E-state index in [1.165, 1.54) is 5.56 Å². The molecule has 1 rings (SSSR count). The van der Waals surface area contributed by atoms with Gasteiger partial charge in [-0.2, -0.15) is 5.26 Å². The van der Waals surface area contributed by atoms with Crippen LogP contribution in [0.25, 0.3) is 4.91 Å². The molecule has 0 amide bonds. The standard InChI is InChI=1S/C11H11NS/c1-9-3-5-10(6-4-9)11(13-2)7-8-12/h3-7H,1-2H3/b11-7-. The highest BCUT2D eigenvalue weighted by atomic mass is 32.2. The largest absolute Gasteiger partial charge is 0.193 e. The first kappa shape index (κ1) is 9.88. The van der Waals surface area contributed by atoms with Crippen LogP contribution in [0.5, 0.6) is 0 Å². The number of rotatable bonds is 2. The predicted octanol–water partition coefficient (Wildman–Crippen LogP) is 3.22. The van der Waals surface area contributed by atoms with Crippen molar-refractivity contribution in [2.24, 2.45) is 0 Å². The van der Waals surface area contributed by atoms with Gasteiger partial charge in [0, 0.05) is 11.0 Å². The molecule has 66 valence electrons. The summed E-state index contributed by atoms with van der Waals surface area (Å²) in [6.07, 6.45) is 3.55. The van der Waals surface area contributed by atoms with Crippen LogP contribution in [-0.2, 0) is 0 Å². The SMILES string of the molecule is CS/C(=C\C#N)c1ccc(C)cc1. The number of nitrogens with zero attached hydrogens (tertiary/aromatic N) is 1. The highest BCUT2D eigenvalue weighted by Gasteiger charge is 1.98. The van der Waals surface area contributed by atoms with Gasteiger partial charge in [-0.1, -0.05) is 29.8 Å². The first-order valence-corrected chi connectivity index (χ1v) is 5.21. The fourth-order valence-corrected chi connectivity index (χ4v) is 1.58. The van der Waals surface area contributed by atoms with E-state index in [-0.39, 0.29) is 0 Å². The van der Waals surface area contributed by atoms with E-state index >= 15 is 0 Å². The van der Waals surface area contributed by atoms with Crippen molar-refractivity contribution in [2.45, 2.75) is 6.92 Å². The molecule has 0 saturated heterocycles. The Balaban J connectivity index is 3.01. The van der Waals surface area contributed by atoms with Crippen molar-refractivity contribution in [3.05, 3.63) is 41.5 Å². The number of hydrogen-bond acceptors (Lipinski definition) is 2. The van der Waals surface area contributed by atoms with E-state index in [2.05, 4.69) is 19.1 Å². The van der Waals surface area contributed by atoms with Gasteiger partial charge in [0.2, 0.25) is 0 Å². The monoisotopic (exact) mass is 189 g/mol. The summed E-state index contributed by atoms with van der Waals surface area (Å²) in [7, 11) is 0. The normalized spacial score (nSPS) is 11.0. The van der Waals surface area contributed by atoms with Gasteiger partial charge in [-0.15, -0.1) is 11.8 Å². The summed E-state index contributed by atoms with van der Waals surface area (Å²) in [4.78, 5) is 1.02. The van der Waals surface area contributed by atoms with Crippen molar-refractivity contribution in [1.29, 1.82) is 5.26 Å². The lowest BCUT2D eigenvalue weighted by Crippen LogP contribution is -1.79. The molecule has 1 aromatic carbocycles. The molecule has 1 nitrogen and oxygen atoms in total. The molecule has 0 aromatic heterocycles. The minimum Gasteiger partial charge on any atom is -0.193 e. The Morgan fingerprint density at radius 2 is 2.00 bits per heavy atom. The molecular weight excluding hydrogens is 178 g/mol. The summed E-state index contributed by atoms with van der Waals surface area (Å²) >= 11 is 1.59. The Labute approximate surface area is 83.1 Å². The van der Waals surface area contributed by atoms with Gasteiger partial charge in [-0.05, 0) is 18.7 Å². The number of allylic oxidation sites excluding steroid dienone is 1. The number of benzene rings is 1. The van der Waals surface area contributed by atoms with Crippen LogP contribution >= 0.6 is 11.8 Å². The molecule has 0 heterocycles. The van der Waals surface area contributed by atoms with Gasteiger partial charge in [0.15, 0.2) is 0 Å². The van der Waals surface area contributed by atoms with E-state index in [9.17, 15) is 0 Å². The van der Waals surface area contributed by atoms with Crippen LogP contribution in [0, 0.1) is 18.3 Å². The zero-order chi connectivity index (χ0) is 9.68. The first-order chi connectivity index (χ1) is 6.27. The molecule has 0 aliphatic rings. The molecule has 2 heteroatoms. The van der Waals surface area contributed by atoms with Crippen LogP contribution in [0.15, 0.2) is 30.3 Å². The maximum Gasteiger partial charge on any atom is 0.0923 e. The van der Waals surface area contributed by atoms with Gasteiger partial charge < -0.3 is 0 Å². The summed E-state index contributed by atoms with van der Waals surface area (Å²) < 4.78 is 0. The van der Waals surface area contributed by atoms with Crippen LogP contribution in [0.1, 0.15) is 11.1 Å². The summed E-state index contributed by atoms with van der Waals surface area (Å²) in [6.45, 7) is 2.05. The first-order valence-electron chi connectivity index (χ1n) is 3.98. The summed E-state index contributed by atoms with van der Waals surface area (Å²) in [5.74, 6) is 0. The molecule has 0 N–H and O–H groups in total. The van der Waals surface area contributed by atoms with Crippen molar-refractivity contribution >= 4 is 16.7 Å². The molecule has 0 spiro atoms. The smallest absolute Gasteiger partial charge is 0.0923 e. The predicted molar refractivity (Wildman–Crippen MR) is 58.3 cm³/mol. The Morgan fingerprint density at radius 3 is 2.46 bits per heavy atom. The van der Waals surface area contributed by atoms with E-state index in [1.54, 1.807) is 17.8 Å².